The molecule has 1 aliphatic heterocycles. The summed E-state index contributed by atoms with van der Waals surface area (Å²) >= 11 is 0. The predicted octanol–water partition coefficient (Wildman–Crippen LogP) is 3.42. The minimum atomic E-state index is -4.48. The van der Waals surface area contributed by atoms with Gasteiger partial charge >= 0.3 is 12.2 Å². The van der Waals surface area contributed by atoms with Crippen LogP contribution in [0.2, 0.25) is 0 Å². The van der Waals surface area contributed by atoms with E-state index >= 15 is 0 Å². The van der Waals surface area contributed by atoms with Crippen molar-refractivity contribution in [1.82, 2.24) is 10.2 Å². The minimum absolute atomic E-state index is 0.0271. The summed E-state index contributed by atoms with van der Waals surface area (Å²) in [7, 11) is 0. The van der Waals surface area contributed by atoms with Gasteiger partial charge in [-0.2, -0.15) is 13.2 Å². The Morgan fingerprint density at radius 3 is 2.29 bits per heavy atom. The van der Waals surface area contributed by atoms with Crippen LogP contribution in [0.15, 0.2) is 42.5 Å². The molecule has 1 aliphatic rings. The molecular weight excluding hydrogens is 421 g/mol. The number of rotatable bonds is 6. The molecule has 9 nitrogen and oxygen atoms in total. The first kappa shape index (κ1) is 21.7. The van der Waals surface area contributed by atoms with Gasteiger partial charge in [-0.3, -0.25) is 24.6 Å². The zero-order chi connectivity index (χ0) is 22.8. The maximum absolute atomic E-state index is 12.5. The van der Waals surface area contributed by atoms with E-state index in [1.54, 1.807) is 0 Å². The van der Waals surface area contributed by atoms with Crippen LogP contribution in [0.5, 0.6) is 0 Å². The average molecular weight is 436 g/mol. The zero-order valence-corrected chi connectivity index (χ0v) is 15.7. The number of non-ortho nitro benzene ring substituents is 1. The van der Waals surface area contributed by atoms with E-state index < -0.39 is 34.5 Å². The van der Waals surface area contributed by atoms with Gasteiger partial charge in [0.05, 0.1) is 21.6 Å². The van der Waals surface area contributed by atoms with Crippen molar-refractivity contribution >= 4 is 29.2 Å². The number of anilines is 1. The summed E-state index contributed by atoms with van der Waals surface area (Å²) < 4.78 is 37.6. The normalized spacial score (nSPS) is 13.2. The van der Waals surface area contributed by atoms with Gasteiger partial charge in [0.1, 0.15) is 0 Å². The van der Waals surface area contributed by atoms with Crippen molar-refractivity contribution in [2.24, 2.45) is 0 Å². The van der Waals surface area contributed by atoms with Crippen molar-refractivity contribution in [2.75, 3.05) is 18.4 Å². The fourth-order valence-corrected chi connectivity index (χ4v) is 2.95. The number of hydrogen-bond donors (Lipinski definition) is 2. The lowest BCUT2D eigenvalue weighted by molar-refractivity contribution is -0.384. The fraction of sp³-hybridized carbons (Fsp3) is 0.211. The van der Waals surface area contributed by atoms with Crippen LogP contribution >= 0.6 is 0 Å². The van der Waals surface area contributed by atoms with Gasteiger partial charge in [0, 0.05) is 30.9 Å². The third kappa shape index (κ3) is 4.79. The van der Waals surface area contributed by atoms with Crippen molar-refractivity contribution in [3.63, 3.8) is 0 Å². The molecule has 1 heterocycles. The van der Waals surface area contributed by atoms with Crippen LogP contribution in [0.1, 0.15) is 32.7 Å². The van der Waals surface area contributed by atoms with Crippen LogP contribution in [-0.4, -0.2) is 40.8 Å². The van der Waals surface area contributed by atoms with E-state index in [1.807, 2.05) is 0 Å². The van der Waals surface area contributed by atoms with Gasteiger partial charge in [0.25, 0.3) is 17.5 Å². The lowest BCUT2D eigenvalue weighted by atomic mass is 10.1. The second-order valence-electron chi connectivity index (χ2n) is 6.56. The number of amides is 4. The van der Waals surface area contributed by atoms with Crippen LogP contribution in [0.25, 0.3) is 0 Å². The molecule has 0 fully saturated rings. The predicted molar refractivity (Wildman–Crippen MR) is 102 cm³/mol. The first-order valence-corrected chi connectivity index (χ1v) is 8.94. The summed E-state index contributed by atoms with van der Waals surface area (Å²) in [4.78, 5) is 47.6. The Morgan fingerprint density at radius 1 is 1.03 bits per heavy atom. The highest BCUT2D eigenvalue weighted by Gasteiger charge is 2.36. The number of imide groups is 1. The summed E-state index contributed by atoms with van der Waals surface area (Å²) in [5.41, 5.74) is -0.962. The highest BCUT2D eigenvalue weighted by Crippen LogP contribution is 2.30. The van der Waals surface area contributed by atoms with E-state index in [0.29, 0.717) is 0 Å². The van der Waals surface area contributed by atoms with Crippen molar-refractivity contribution in [3.8, 4) is 0 Å². The van der Waals surface area contributed by atoms with Crippen LogP contribution in [0, 0.1) is 10.1 Å². The fourth-order valence-electron chi connectivity index (χ4n) is 2.95. The van der Waals surface area contributed by atoms with Gasteiger partial charge in [-0.15, -0.1) is 0 Å². The zero-order valence-electron chi connectivity index (χ0n) is 15.7. The molecular formula is C19H15F3N4O5. The van der Waals surface area contributed by atoms with Crippen LogP contribution < -0.4 is 10.6 Å². The Kier molecular flexibility index (Phi) is 5.90. The number of nitro benzene ring substituents is 1. The highest BCUT2D eigenvalue weighted by atomic mass is 19.4. The van der Waals surface area contributed by atoms with Crippen LogP contribution in [0.3, 0.4) is 0 Å². The molecule has 0 aliphatic carbocycles. The van der Waals surface area contributed by atoms with Gasteiger partial charge in [0.15, 0.2) is 0 Å². The second kappa shape index (κ2) is 8.42. The van der Waals surface area contributed by atoms with Gasteiger partial charge < -0.3 is 10.6 Å². The molecule has 12 heteroatoms. The number of alkyl halides is 3. The van der Waals surface area contributed by atoms with Gasteiger partial charge in [-0.05, 0) is 36.8 Å². The molecule has 2 aromatic rings. The average Bonchev–Trinajstić information content (AvgIpc) is 2.95. The maximum atomic E-state index is 12.5. The molecule has 0 saturated carbocycles. The SMILES string of the molecule is O=C(NCCCN1C(=O)c2ccc([N+](=O)[O-])cc2C1=O)Nc1ccc(C(F)(F)F)cc1. The molecule has 0 aromatic heterocycles. The number of nitrogens with one attached hydrogen (secondary N) is 2. The Labute approximate surface area is 173 Å². The third-order valence-electron chi connectivity index (χ3n) is 4.48. The number of hydrogen-bond acceptors (Lipinski definition) is 5. The number of nitro groups is 1. The van der Waals surface area contributed by atoms with Crippen molar-refractivity contribution in [3.05, 3.63) is 69.3 Å². The number of benzene rings is 2. The number of urea groups is 1. The van der Waals surface area contributed by atoms with Gasteiger partial charge in [-0.1, -0.05) is 0 Å². The Morgan fingerprint density at radius 2 is 1.68 bits per heavy atom. The van der Waals surface area contributed by atoms with Crippen LogP contribution in [0.4, 0.5) is 29.3 Å². The van der Waals surface area contributed by atoms with Crippen LogP contribution in [-0.2, 0) is 6.18 Å². The first-order chi connectivity index (χ1) is 14.6. The molecule has 162 valence electrons. The summed E-state index contributed by atoms with van der Waals surface area (Å²) in [5.74, 6) is -1.23. The Balaban J connectivity index is 1.48. The molecule has 0 spiro atoms. The molecule has 4 amide bonds. The Bertz CT molecular complexity index is 1050. The molecule has 0 radical (unpaired) electrons. The molecule has 0 atom stereocenters. The van der Waals surface area contributed by atoms with E-state index in [2.05, 4.69) is 10.6 Å². The van der Waals surface area contributed by atoms with E-state index in [0.717, 1.165) is 41.3 Å². The third-order valence-corrected chi connectivity index (χ3v) is 4.48. The van der Waals surface area contributed by atoms with E-state index in [4.69, 9.17) is 0 Å². The topological polar surface area (TPSA) is 122 Å². The van der Waals surface area contributed by atoms with E-state index in [9.17, 15) is 37.7 Å². The number of carbonyl (C=O) groups is 3. The number of carbonyl (C=O) groups excluding carboxylic acids is 3. The summed E-state index contributed by atoms with van der Waals surface area (Å²) in [5, 5.41) is 15.7. The number of fused-ring (bicyclic) bond motifs is 1. The van der Waals surface area contributed by atoms with Gasteiger partial charge in [-0.25, -0.2) is 4.79 Å². The standard InChI is InChI=1S/C19H15F3N4O5/c20-19(21,22)11-2-4-12(5-3-11)24-18(29)23-8-1-9-25-16(27)14-7-6-13(26(30)31)10-15(14)17(25)28/h2-7,10H,1,8-9H2,(H2,23,24,29). The number of halogens is 3. The molecule has 0 bridgehead atoms. The monoisotopic (exact) mass is 436 g/mol. The molecule has 2 N–H and O–H groups in total. The minimum Gasteiger partial charge on any atom is -0.338 e. The lowest BCUT2D eigenvalue weighted by Gasteiger charge is -2.14. The molecule has 0 saturated heterocycles. The van der Waals surface area contributed by atoms with Gasteiger partial charge in [0.2, 0.25) is 0 Å². The summed E-state index contributed by atoms with van der Waals surface area (Å²) in [6.45, 7) is 0.0424. The molecule has 31 heavy (non-hydrogen) atoms. The van der Waals surface area contributed by atoms with E-state index in [-0.39, 0.29) is 42.0 Å². The lowest BCUT2D eigenvalue weighted by Crippen LogP contribution is -2.35. The second-order valence-corrected chi connectivity index (χ2v) is 6.56. The quantitative estimate of drug-likeness (QED) is 0.311. The maximum Gasteiger partial charge on any atom is 0.416 e. The summed E-state index contributed by atoms with van der Waals surface area (Å²) in [6, 6.07) is 6.64. The summed E-state index contributed by atoms with van der Waals surface area (Å²) in [6.07, 6.45) is -4.27. The van der Waals surface area contributed by atoms with Crippen molar-refractivity contribution in [2.45, 2.75) is 12.6 Å². The van der Waals surface area contributed by atoms with Crippen molar-refractivity contribution < 1.29 is 32.5 Å². The number of nitrogens with zero attached hydrogens (tertiary/aromatic N) is 2. The molecule has 2 aromatic carbocycles. The van der Waals surface area contributed by atoms with Crippen molar-refractivity contribution in [1.29, 1.82) is 0 Å². The Hall–Kier alpha value is -3.96. The largest absolute Gasteiger partial charge is 0.416 e. The van der Waals surface area contributed by atoms with E-state index in [1.165, 1.54) is 6.07 Å². The highest BCUT2D eigenvalue weighted by molar-refractivity contribution is 6.21. The first-order valence-electron chi connectivity index (χ1n) is 8.94. The smallest absolute Gasteiger partial charge is 0.338 e. The molecule has 3 rings (SSSR count). The molecule has 0 unspecified atom stereocenters.